The zero-order valence-electron chi connectivity index (χ0n) is 45.9. The molecular weight excluding hydrogens is 864 g/mol. The number of hydrogen-bond acceptors (Lipinski definition) is 5. The average molecular weight is 981 g/mol. The van der Waals surface area contributed by atoms with Crippen LogP contribution < -0.4 is 5.32 Å². The molecule has 0 aromatic carbocycles. The number of aliphatic hydroxyl groups excluding tert-OH is 1. The highest BCUT2D eigenvalue weighted by atomic mass is 31.2. The second-order valence-electron chi connectivity index (χ2n) is 21.4. The van der Waals surface area contributed by atoms with Crippen molar-refractivity contribution in [2.75, 3.05) is 40.9 Å². The topological polar surface area (TPSA) is 105 Å². The zero-order valence-corrected chi connectivity index (χ0v) is 46.8. The van der Waals surface area contributed by atoms with Gasteiger partial charge in [0.1, 0.15) is 13.2 Å². The number of nitrogens with zero attached hydrogens (tertiary/aromatic N) is 1. The lowest BCUT2D eigenvalue weighted by atomic mass is 10.0. The van der Waals surface area contributed by atoms with Gasteiger partial charge >= 0.3 is 7.82 Å². The molecule has 0 saturated heterocycles. The molecule has 0 aromatic rings. The van der Waals surface area contributed by atoms with Crippen LogP contribution in [0.3, 0.4) is 0 Å². The van der Waals surface area contributed by atoms with Gasteiger partial charge < -0.3 is 19.8 Å². The molecule has 68 heavy (non-hydrogen) atoms. The molecule has 8 nitrogen and oxygen atoms in total. The van der Waals surface area contributed by atoms with Crippen LogP contribution >= 0.6 is 7.82 Å². The number of nitrogens with one attached hydrogen (secondary N) is 1. The summed E-state index contributed by atoms with van der Waals surface area (Å²) in [6.45, 7) is 4.82. The number of carbonyl (C=O) groups is 1. The maximum absolute atomic E-state index is 13.0. The van der Waals surface area contributed by atoms with Crippen molar-refractivity contribution in [3.05, 3.63) is 36.5 Å². The fourth-order valence-electron chi connectivity index (χ4n) is 8.72. The monoisotopic (exact) mass is 980 g/mol. The fraction of sp³-hybridized carbons (Fsp3) is 0.881. The number of allylic oxidation sites excluding steroid dienone is 5. The summed E-state index contributed by atoms with van der Waals surface area (Å²) < 4.78 is 23.7. The first kappa shape index (κ1) is 66.7. The van der Waals surface area contributed by atoms with Gasteiger partial charge in [0.05, 0.1) is 39.9 Å². The van der Waals surface area contributed by atoms with Gasteiger partial charge in [-0.3, -0.25) is 13.8 Å². The van der Waals surface area contributed by atoms with Gasteiger partial charge in [-0.05, 0) is 44.9 Å². The molecule has 0 rings (SSSR count). The molecule has 3 N–H and O–H groups in total. The fourth-order valence-corrected chi connectivity index (χ4v) is 9.46. The molecule has 0 aliphatic rings. The SMILES string of the molecule is CCCCCCCCCCCC/C=C/CC/C=C/CC/C=C/C(O)C(COP(=O)(O)OCC[N+](C)(C)C)NC(=O)CCCCCCCCCCCCCCCCCCCCCCCCCCCC. The van der Waals surface area contributed by atoms with E-state index < -0.39 is 20.0 Å². The third-order valence-corrected chi connectivity index (χ3v) is 14.3. The van der Waals surface area contributed by atoms with Crippen LogP contribution in [0, 0.1) is 0 Å². The van der Waals surface area contributed by atoms with Gasteiger partial charge in [0.15, 0.2) is 0 Å². The van der Waals surface area contributed by atoms with Gasteiger partial charge in [0.2, 0.25) is 5.91 Å². The van der Waals surface area contributed by atoms with E-state index in [0.29, 0.717) is 17.4 Å². The molecule has 0 aliphatic heterocycles. The molecular formula is C59H116N2O6P+. The van der Waals surface area contributed by atoms with Gasteiger partial charge in [-0.1, -0.05) is 269 Å². The summed E-state index contributed by atoms with van der Waals surface area (Å²) in [5.74, 6) is -0.186. The lowest BCUT2D eigenvalue weighted by Crippen LogP contribution is -2.45. The minimum atomic E-state index is -4.36. The largest absolute Gasteiger partial charge is 0.472 e. The van der Waals surface area contributed by atoms with Crippen molar-refractivity contribution in [3.8, 4) is 0 Å². The normalized spacial score (nSPS) is 14.2. The van der Waals surface area contributed by atoms with E-state index in [-0.39, 0.29) is 19.1 Å². The molecule has 0 saturated carbocycles. The molecule has 3 unspecified atom stereocenters. The molecule has 0 radical (unpaired) electrons. The van der Waals surface area contributed by atoms with E-state index in [1.165, 1.54) is 218 Å². The van der Waals surface area contributed by atoms with Crippen LogP contribution in [0.25, 0.3) is 0 Å². The Bertz CT molecular complexity index is 1200. The summed E-state index contributed by atoms with van der Waals surface area (Å²) in [5, 5.41) is 13.9. The van der Waals surface area contributed by atoms with Crippen molar-refractivity contribution < 1.29 is 32.9 Å². The van der Waals surface area contributed by atoms with E-state index in [9.17, 15) is 19.4 Å². The second kappa shape index (κ2) is 50.7. The van der Waals surface area contributed by atoms with Crippen molar-refractivity contribution in [2.24, 2.45) is 0 Å². The number of phosphoric acid groups is 1. The molecule has 0 bridgehead atoms. The highest BCUT2D eigenvalue weighted by Gasteiger charge is 2.27. The van der Waals surface area contributed by atoms with Crippen LogP contribution in [0.15, 0.2) is 36.5 Å². The van der Waals surface area contributed by atoms with E-state index in [4.69, 9.17) is 9.05 Å². The van der Waals surface area contributed by atoms with Crippen LogP contribution in [0.2, 0.25) is 0 Å². The predicted octanol–water partition coefficient (Wildman–Crippen LogP) is 17.8. The Kier molecular flexibility index (Phi) is 49.7. The first-order valence-corrected chi connectivity index (χ1v) is 30.9. The highest BCUT2D eigenvalue weighted by molar-refractivity contribution is 7.47. The standard InChI is InChI=1S/C59H115N2O6P/c1-6-8-10-12-14-16-18-20-22-24-26-28-29-30-31-32-33-35-37-39-41-43-45-47-49-51-53-59(63)60-57(56-67-68(64,65)66-55-54-61(3,4)5)58(62)52-50-48-46-44-42-40-38-36-34-27-25-23-21-19-17-15-13-11-9-7-2/h34,36,42,44,50,52,57-58,62H,6-33,35,37-41,43,45-49,51,53-56H2,1-5H3,(H-,60,63,64,65)/p+1/b36-34+,44-42+,52-50+. The maximum atomic E-state index is 13.0. The molecule has 3 atom stereocenters. The third-order valence-electron chi connectivity index (χ3n) is 13.3. The van der Waals surface area contributed by atoms with Gasteiger partial charge in [0.25, 0.3) is 0 Å². The van der Waals surface area contributed by atoms with Crippen molar-refractivity contribution in [1.82, 2.24) is 5.32 Å². The minimum absolute atomic E-state index is 0.0551. The summed E-state index contributed by atoms with van der Waals surface area (Å²) in [6, 6.07) is -0.868. The first-order chi connectivity index (χ1) is 33.0. The number of aliphatic hydroxyl groups is 1. The lowest BCUT2D eigenvalue weighted by molar-refractivity contribution is -0.870. The van der Waals surface area contributed by atoms with Crippen LogP contribution in [0.1, 0.15) is 284 Å². The highest BCUT2D eigenvalue weighted by Crippen LogP contribution is 2.43. The minimum Gasteiger partial charge on any atom is -0.387 e. The Morgan fingerprint density at radius 1 is 0.485 bits per heavy atom. The number of rotatable bonds is 54. The number of carbonyl (C=O) groups excluding carboxylic acids is 1. The molecule has 0 heterocycles. The maximum Gasteiger partial charge on any atom is 0.472 e. The van der Waals surface area contributed by atoms with E-state index in [1.807, 2.05) is 27.2 Å². The molecule has 9 heteroatoms. The summed E-state index contributed by atoms with van der Waals surface area (Å²) in [6.07, 6.45) is 65.4. The number of amides is 1. The number of hydrogen-bond donors (Lipinski definition) is 3. The second-order valence-corrected chi connectivity index (χ2v) is 22.8. The Morgan fingerprint density at radius 3 is 1.18 bits per heavy atom. The van der Waals surface area contributed by atoms with Crippen LogP contribution in [0.5, 0.6) is 0 Å². The van der Waals surface area contributed by atoms with E-state index in [2.05, 4.69) is 43.5 Å². The number of likely N-dealkylation sites (N-methyl/N-ethyl adjacent to an activating group) is 1. The number of unbranched alkanes of at least 4 members (excludes halogenated alkanes) is 37. The first-order valence-electron chi connectivity index (χ1n) is 29.4. The quantitative estimate of drug-likeness (QED) is 0.0243. The number of quaternary nitrogens is 1. The summed E-state index contributed by atoms with van der Waals surface area (Å²) in [4.78, 5) is 23.3. The van der Waals surface area contributed by atoms with Gasteiger partial charge in [-0.2, -0.15) is 0 Å². The van der Waals surface area contributed by atoms with Crippen molar-refractivity contribution >= 4 is 13.7 Å². The van der Waals surface area contributed by atoms with Crippen LogP contribution in [-0.2, 0) is 18.4 Å². The zero-order chi connectivity index (χ0) is 49.9. The summed E-state index contributed by atoms with van der Waals surface area (Å²) in [5.41, 5.74) is 0. The Balaban J connectivity index is 4.21. The summed E-state index contributed by atoms with van der Waals surface area (Å²) in [7, 11) is 1.56. The molecule has 1 amide bonds. The van der Waals surface area contributed by atoms with Crippen LogP contribution in [-0.4, -0.2) is 73.4 Å². The molecule has 0 aromatic heterocycles. The van der Waals surface area contributed by atoms with Gasteiger partial charge in [-0.25, -0.2) is 4.57 Å². The van der Waals surface area contributed by atoms with E-state index in [0.717, 1.165) is 44.9 Å². The van der Waals surface area contributed by atoms with Crippen LogP contribution in [0.4, 0.5) is 0 Å². The molecule has 0 fully saturated rings. The Hall–Kier alpha value is -1.28. The van der Waals surface area contributed by atoms with Crippen molar-refractivity contribution in [2.45, 2.75) is 296 Å². The van der Waals surface area contributed by atoms with Gasteiger partial charge in [-0.15, -0.1) is 0 Å². The third kappa shape index (κ3) is 52.5. The predicted molar refractivity (Wildman–Crippen MR) is 295 cm³/mol. The summed E-state index contributed by atoms with van der Waals surface area (Å²) >= 11 is 0. The lowest BCUT2D eigenvalue weighted by Gasteiger charge is -2.25. The molecule has 0 aliphatic carbocycles. The smallest absolute Gasteiger partial charge is 0.387 e. The number of phosphoric ester groups is 1. The van der Waals surface area contributed by atoms with Crippen molar-refractivity contribution in [3.63, 3.8) is 0 Å². The molecule has 0 spiro atoms. The molecule has 402 valence electrons. The van der Waals surface area contributed by atoms with E-state index in [1.54, 1.807) is 6.08 Å². The Morgan fingerprint density at radius 2 is 0.809 bits per heavy atom. The van der Waals surface area contributed by atoms with Gasteiger partial charge in [0, 0.05) is 6.42 Å². The van der Waals surface area contributed by atoms with Crippen molar-refractivity contribution in [1.29, 1.82) is 0 Å². The Labute approximate surface area is 423 Å². The van der Waals surface area contributed by atoms with E-state index >= 15 is 0 Å². The average Bonchev–Trinajstić information content (AvgIpc) is 3.30.